The molecule has 0 aliphatic rings. The highest BCUT2D eigenvalue weighted by atomic mass is 35.5. The molecule has 0 radical (unpaired) electrons. The topological polar surface area (TPSA) is 110 Å². The van der Waals surface area contributed by atoms with Gasteiger partial charge in [0.1, 0.15) is 23.0 Å². The van der Waals surface area contributed by atoms with Gasteiger partial charge in [-0.05, 0) is 30.3 Å². The summed E-state index contributed by atoms with van der Waals surface area (Å²) in [5, 5.41) is 13.0. The molecule has 4 aromatic rings. The van der Waals surface area contributed by atoms with Crippen LogP contribution in [-0.4, -0.2) is 27.0 Å². The van der Waals surface area contributed by atoms with Crippen molar-refractivity contribution in [3.63, 3.8) is 0 Å². The van der Waals surface area contributed by atoms with Crippen LogP contribution in [0.5, 0.6) is 0 Å². The molecule has 2 aromatic carbocycles. The van der Waals surface area contributed by atoms with Gasteiger partial charge in [-0.15, -0.1) is 0 Å². The lowest BCUT2D eigenvalue weighted by Crippen LogP contribution is -2.27. The monoisotopic (exact) mass is 424 g/mol. The molecule has 2 heterocycles. The van der Waals surface area contributed by atoms with E-state index in [1.807, 2.05) is 24.3 Å². The summed E-state index contributed by atoms with van der Waals surface area (Å²) in [4.78, 5) is 21.5. The van der Waals surface area contributed by atoms with Crippen LogP contribution in [0.4, 0.5) is 5.82 Å². The average molecular weight is 425 g/mol. The number of carbonyl (C=O) groups excluding carboxylic acids is 1. The fourth-order valence-electron chi connectivity index (χ4n) is 3.10. The smallest absolute Gasteiger partial charge is 0.252 e. The van der Waals surface area contributed by atoms with Crippen molar-refractivity contribution in [3.8, 4) is 6.07 Å². The van der Waals surface area contributed by atoms with Crippen molar-refractivity contribution in [1.29, 1.82) is 5.26 Å². The number of aromatic nitrogens is 3. The van der Waals surface area contributed by atoms with Crippen LogP contribution in [0.15, 0.2) is 42.5 Å². The van der Waals surface area contributed by atoms with Crippen molar-refractivity contribution in [2.24, 2.45) is 0 Å². The minimum atomic E-state index is -0.334. The average Bonchev–Trinajstić information content (AvgIpc) is 2.96. The summed E-state index contributed by atoms with van der Waals surface area (Å²) in [6.45, 7) is 0.569. The minimum Gasteiger partial charge on any atom is -0.384 e. The van der Waals surface area contributed by atoms with Crippen LogP contribution in [0.25, 0.3) is 22.2 Å². The van der Waals surface area contributed by atoms with Crippen LogP contribution < -0.4 is 11.1 Å². The predicted molar refractivity (Wildman–Crippen MR) is 113 cm³/mol. The number of rotatable bonds is 4. The molecular formula is C20H14Cl2N6O. The van der Waals surface area contributed by atoms with Crippen LogP contribution >= 0.6 is 23.2 Å². The lowest BCUT2D eigenvalue weighted by Gasteiger charge is -2.10. The van der Waals surface area contributed by atoms with Gasteiger partial charge in [0.05, 0.1) is 21.6 Å². The van der Waals surface area contributed by atoms with Crippen molar-refractivity contribution in [1.82, 2.24) is 19.9 Å². The molecule has 0 spiro atoms. The van der Waals surface area contributed by atoms with E-state index < -0.39 is 0 Å². The number of amides is 1. The molecule has 3 N–H and O–H groups in total. The van der Waals surface area contributed by atoms with Crippen molar-refractivity contribution >= 4 is 57.1 Å². The number of anilines is 1. The molecule has 144 valence electrons. The van der Waals surface area contributed by atoms with Crippen LogP contribution in [0.2, 0.25) is 10.0 Å². The number of hydrogen-bond acceptors (Lipinski definition) is 5. The highest BCUT2D eigenvalue weighted by molar-refractivity contribution is 6.36. The zero-order valence-electron chi connectivity index (χ0n) is 15.0. The van der Waals surface area contributed by atoms with Gasteiger partial charge in [-0.1, -0.05) is 35.3 Å². The molecular weight excluding hydrogens is 411 g/mol. The SMILES string of the molecule is N#Cc1c(N)n(CCNC(=O)c2ccc(Cl)cc2Cl)c2nc3ccccc3nc12. The summed E-state index contributed by atoms with van der Waals surface area (Å²) in [6.07, 6.45) is 0. The third-order valence-electron chi connectivity index (χ3n) is 4.50. The van der Waals surface area contributed by atoms with Crippen LogP contribution in [-0.2, 0) is 6.54 Å². The van der Waals surface area contributed by atoms with Crippen molar-refractivity contribution < 1.29 is 4.79 Å². The molecule has 9 heteroatoms. The lowest BCUT2D eigenvalue weighted by atomic mass is 10.2. The number of hydrogen-bond donors (Lipinski definition) is 2. The van der Waals surface area contributed by atoms with E-state index in [4.69, 9.17) is 28.9 Å². The number of halogens is 2. The van der Waals surface area contributed by atoms with Gasteiger partial charge in [0.25, 0.3) is 5.91 Å². The minimum absolute atomic E-state index is 0.255. The van der Waals surface area contributed by atoms with Crippen molar-refractivity contribution in [3.05, 3.63) is 63.6 Å². The maximum atomic E-state index is 12.4. The summed E-state index contributed by atoms with van der Waals surface area (Å²) in [5.41, 5.74) is 9.07. The van der Waals surface area contributed by atoms with Crippen LogP contribution in [0.3, 0.4) is 0 Å². The Hall–Kier alpha value is -3.34. The molecule has 0 atom stereocenters. The normalized spacial score (nSPS) is 10.9. The number of nitrogens with one attached hydrogen (secondary N) is 1. The Bertz CT molecular complexity index is 1310. The fraction of sp³-hybridized carbons (Fsp3) is 0.100. The molecule has 0 saturated carbocycles. The highest BCUT2D eigenvalue weighted by Gasteiger charge is 2.18. The third kappa shape index (κ3) is 3.44. The number of benzene rings is 2. The Morgan fingerprint density at radius 2 is 1.90 bits per heavy atom. The Labute approximate surface area is 175 Å². The van der Waals surface area contributed by atoms with E-state index >= 15 is 0 Å². The Kier molecular flexibility index (Phi) is 4.97. The molecule has 0 unspecified atom stereocenters. The molecule has 4 rings (SSSR count). The number of fused-ring (bicyclic) bond motifs is 2. The van der Waals surface area contributed by atoms with E-state index in [1.54, 1.807) is 16.7 Å². The van der Waals surface area contributed by atoms with E-state index in [-0.39, 0.29) is 28.9 Å². The Morgan fingerprint density at radius 3 is 2.59 bits per heavy atom. The first-order valence-corrected chi connectivity index (χ1v) is 9.43. The summed E-state index contributed by atoms with van der Waals surface area (Å²) < 4.78 is 1.68. The molecule has 0 aliphatic carbocycles. The number of para-hydroxylation sites is 2. The Morgan fingerprint density at radius 1 is 1.17 bits per heavy atom. The number of nitrogens with two attached hydrogens (primary N) is 1. The lowest BCUT2D eigenvalue weighted by molar-refractivity contribution is 0.0952. The summed E-state index contributed by atoms with van der Waals surface area (Å²) in [7, 11) is 0. The van der Waals surface area contributed by atoms with E-state index in [2.05, 4.69) is 21.4 Å². The fourth-order valence-corrected chi connectivity index (χ4v) is 3.60. The van der Waals surface area contributed by atoms with E-state index in [9.17, 15) is 10.1 Å². The molecule has 0 bridgehead atoms. The number of carbonyl (C=O) groups is 1. The van der Waals surface area contributed by atoms with Gasteiger partial charge >= 0.3 is 0 Å². The van der Waals surface area contributed by atoms with Crippen LogP contribution in [0, 0.1) is 11.3 Å². The van der Waals surface area contributed by atoms with Gasteiger partial charge in [0, 0.05) is 18.1 Å². The summed E-state index contributed by atoms with van der Waals surface area (Å²) in [5.74, 6) is -0.0738. The maximum Gasteiger partial charge on any atom is 0.252 e. The predicted octanol–water partition coefficient (Wildman–Crippen LogP) is 3.78. The molecule has 7 nitrogen and oxygen atoms in total. The van der Waals surface area contributed by atoms with E-state index in [0.29, 0.717) is 39.3 Å². The zero-order chi connectivity index (χ0) is 20.5. The van der Waals surface area contributed by atoms with Crippen molar-refractivity contribution in [2.45, 2.75) is 6.54 Å². The number of nitrogens with zero attached hydrogens (tertiary/aromatic N) is 4. The molecule has 0 fully saturated rings. The number of nitrogen functional groups attached to an aromatic ring is 1. The largest absolute Gasteiger partial charge is 0.384 e. The van der Waals surface area contributed by atoms with Gasteiger partial charge in [-0.3, -0.25) is 4.79 Å². The van der Waals surface area contributed by atoms with Gasteiger partial charge in [-0.25, -0.2) is 9.97 Å². The van der Waals surface area contributed by atoms with Gasteiger partial charge in [0.15, 0.2) is 5.65 Å². The highest BCUT2D eigenvalue weighted by Crippen LogP contribution is 2.27. The third-order valence-corrected chi connectivity index (χ3v) is 5.05. The molecule has 0 saturated heterocycles. The summed E-state index contributed by atoms with van der Waals surface area (Å²) in [6, 6.07) is 14.1. The molecule has 1 amide bonds. The van der Waals surface area contributed by atoms with E-state index in [0.717, 1.165) is 0 Å². The molecule has 2 aromatic heterocycles. The second-order valence-corrected chi connectivity index (χ2v) is 7.13. The quantitative estimate of drug-likeness (QED) is 0.517. The van der Waals surface area contributed by atoms with Crippen LogP contribution in [0.1, 0.15) is 15.9 Å². The van der Waals surface area contributed by atoms with Gasteiger partial charge in [-0.2, -0.15) is 5.26 Å². The first-order valence-electron chi connectivity index (χ1n) is 8.67. The van der Waals surface area contributed by atoms with Crippen molar-refractivity contribution in [2.75, 3.05) is 12.3 Å². The number of nitriles is 1. The Balaban J connectivity index is 1.62. The first-order chi connectivity index (χ1) is 14.0. The summed E-state index contributed by atoms with van der Waals surface area (Å²) >= 11 is 11.9. The molecule has 29 heavy (non-hydrogen) atoms. The second kappa shape index (κ2) is 7.59. The molecule has 0 aliphatic heterocycles. The van der Waals surface area contributed by atoms with Gasteiger partial charge in [0.2, 0.25) is 0 Å². The van der Waals surface area contributed by atoms with E-state index in [1.165, 1.54) is 6.07 Å². The zero-order valence-corrected chi connectivity index (χ0v) is 16.5. The second-order valence-electron chi connectivity index (χ2n) is 6.29. The first kappa shape index (κ1) is 19.0. The van der Waals surface area contributed by atoms with Gasteiger partial charge < -0.3 is 15.6 Å². The standard InChI is InChI=1S/C20H14Cl2N6O/c21-11-5-6-12(14(22)9-11)20(29)25-7-8-28-18(24)13(10-23)17-19(28)27-16-4-2-1-3-15(16)26-17/h1-6,9H,7-8,24H2,(H,25,29). The maximum absolute atomic E-state index is 12.4.